The second-order valence-corrected chi connectivity index (χ2v) is 4.70. The smallest absolute Gasteiger partial charge is 0.145 e. The van der Waals surface area contributed by atoms with E-state index in [4.69, 9.17) is 22.1 Å². The summed E-state index contributed by atoms with van der Waals surface area (Å²) >= 11 is 6.23. The van der Waals surface area contributed by atoms with Gasteiger partial charge in [0.15, 0.2) is 0 Å². The van der Waals surface area contributed by atoms with Crippen molar-refractivity contribution in [3.63, 3.8) is 0 Å². The number of pyridine rings is 1. The van der Waals surface area contributed by atoms with Crippen molar-refractivity contribution in [2.24, 2.45) is 5.73 Å². The fraction of sp³-hybridized carbons (Fsp3) is 0.357. The molecule has 0 radical (unpaired) electrons. The molecule has 0 aliphatic rings. The van der Waals surface area contributed by atoms with E-state index >= 15 is 0 Å². The summed E-state index contributed by atoms with van der Waals surface area (Å²) < 4.78 is 5.35. The number of halogens is 1. The van der Waals surface area contributed by atoms with Crippen molar-refractivity contribution in [1.29, 1.82) is 0 Å². The fourth-order valence-corrected chi connectivity index (χ4v) is 2.41. The Morgan fingerprint density at radius 1 is 1.39 bits per heavy atom. The van der Waals surface area contributed by atoms with E-state index in [9.17, 15) is 0 Å². The van der Waals surface area contributed by atoms with E-state index in [0.717, 1.165) is 40.8 Å². The Bertz CT molecular complexity index is 569. The Hall–Kier alpha value is -1.32. The molecule has 0 saturated carbocycles. The normalized spacial score (nSPS) is 10.9. The van der Waals surface area contributed by atoms with Crippen LogP contribution in [0.1, 0.15) is 17.7 Å². The van der Waals surface area contributed by atoms with Gasteiger partial charge in [-0.15, -0.1) is 0 Å². The van der Waals surface area contributed by atoms with Crippen LogP contribution in [0.5, 0.6) is 5.75 Å². The average molecular weight is 265 g/mol. The van der Waals surface area contributed by atoms with Gasteiger partial charge in [-0.05, 0) is 50.1 Å². The first kappa shape index (κ1) is 13.1. The minimum atomic E-state index is 0.672. The second-order valence-electron chi connectivity index (χ2n) is 4.30. The van der Waals surface area contributed by atoms with E-state index in [-0.39, 0.29) is 0 Å². The molecule has 96 valence electrons. The van der Waals surface area contributed by atoms with Gasteiger partial charge in [0.2, 0.25) is 0 Å². The van der Waals surface area contributed by atoms with Gasteiger partial charge in [-0.25, -0.2) is 4.98 Å². The Balaban J connectivity index is 2.62. The summed E-state index contributed by atoms with van der Waals surface area (Å²) in [6.07, 6.45) is 1.81. The van der Waals surface area contributed by atoms with Crippen molar-refractivity contribution >= 4 is 22.5 Å². The SMILES string of the molecule is COc1ccc(Cl)c2c(C)cc(CCCN)nc12. The number of aryl methyl sites for hydroxylation is 2. The van der Waals surface area contributed by atoms with Crippen molar-refractivity contribution in [2.75, 3.05) is 13.7 Å². The summed E-state index contributed by atoms with van der Waals surface area (Å²) in [6, 6.07) is 5.77. The molecule has 1 heterocycles. The summed E-state index contributed by atoms with van der Waals surface area (Å²) in [5.74, 6) is 0.757. The molecule has 2 aromatic rings. The second kappa shape index (κ2) is 5.55. The number of benzene rings is 1. The third kappa shape index (κ3) is 2.42. The maximum atomic E-state index is 6.23. The number of ether oxygens (including phenoxy) is 1. The largest absolute Gasteiger partial charge is 0.494 e. The molecule has 4 heteroatoms. The molecule has 0 aliphatic carbocycles. The molecular formula is C14H17ClN2O. The summed E-state index contributed by atoms with van der Waals surface area (Å²) in [5, 5.41) is 1.67. The molecule has 0 aliphatic heterocycles. The van der Waals surface area contributed by atoms with Crippen molar-refractivity contribution < 1.29 is 4.74 Å². The quantitative estimate of drug-likeness (QED) is 0.923. The highest BCUT2D eigenvalue weighted by Gasteiger charge is 2.11. The molecular weight excluding hydrogens is 248 g/mol. The lowest BCUT2D eigenvalue weighted by Crippen LogP contribution is -2.02. The summed E-state index contributed by atoms with van der Waals surface area (Å²) in [5.41, 5.74) is 8.52. The van der Waals surface area contributed by atoms with Gasteiger partial charge >= 0.3 is 0 Å². The molecule has 0 saturated heterocycles. The zero-order valence-electron chi connectivity index (χ0n) is 10.7. The van der Waals surface area contributed by atoms with Crippen molar-refractivity contribution in [3.05, 3.63) is 34.5 Å². The lowest BCUT2D eigenvalue weighted by Gasteiger charge is -2.11. The van der Waals surface area contributed by atoms with Crippen molar-refractivity contribution in [2.45, 2.75) is 19.8 Å². The predicted octanol–water partition coefficient (Wildman–Crippen LogP) is 3.10. The number of fused-ring (bicyclic) bond motifs is 1. The number of aromatic nitrogens is 1. The minimum absolute atomic E-state index is 0.672. The van der Waals surface area contributed by atoms with Crippen LogP contribution >= 0.6 is 11.6 Å². The van der Waals surface area contributed by atoms with E-state index in [1.54, 1.807) is 7.11 Å². The number of nitrogens with two attached hydrogens (primary N) is 1. The molecule has 2 rings (SSSR count). The van der Waals surface area contributed by atoms with Gasteiger partial charge in [-0.3, -0.25) is 0 Å². The summed E-state index contributed by atoms with van der Waals surface area (Å²) in [4.78, 5) is 4.64. The van der Waals surface area contributed by atoms with Gasteiger partial charge < -0.3 is 10.5 Å². The number of hydrogen-bond donors (Lipinski definition) is 1. The Morgan fingerprint density at radius 2 is 2.17 bits per heavy atom. The van der Waals surface area contributed by atoms with Crippen LogP contribution in [0, 0.1) is 6.92 Å². The van der Waals surface area contributed by atoms with Crippen molar-refractivity contribution in [1.82, 2.24) is 4.98 Å². The van der Waals surface area contributed by atoms with Gasteiger partial charge in [-0.1, -0.05) is 11.6 Å². The lowest BCUT2D eigenvalue weighted by atomic mass is 10.1. The lowest BCUT2D eigenvalue weighted by molar-refractivity contribution is 0.419. The minimum Gasteiger partial charge on any atom is -0.494 e. The Kier molecular flexibility index (Phi) is 4.04. The molecule has 0 fully saturated rings. The Morgan fingerprint density at radius 3 is 2.83 bits per heavy atom. The van der Waals surface area contributed by atoms with Crippen LogP contribution in [0.25, 0.3) is 10.9 Å². The first-order valence-electron chi connectivity index (χ1n) is 6.00. The number of hydrogen-bond acceptors (Lipinski definition) is 3. The maximum absolute atomic E-state index is 6.23. The topological polar surface area (TPSA) is 48.1 Å². The molecule has 2 N–H and O–H groups in total. The zero-order valence-corrected chi connectivity index (χ0v) is 11.4. The third-order valence-corrected chi connectivity index (χ3v) is 3.29. The molecule has 0 unspecified atom stereocenters. The van der Waals surface area contributed by atoms with Crippen LogP contribution < -0.4 is 10.5 Å². The zero-order chi connectivity index (χ0) is 13.1. The highest BCUT2D eigenvalue weighted by molar-refractivity contribution is 6.35. The van der Waals surface area contributed by atoms with Gasteiger partial charge in [0.25, 0.3) is 0 Å². The van der Waals surface area contributed by atoms with Gasteiger partial charge in [-0.2, -0.15) is 0 Å². The number of nitrogens with zero attached hydrogens (tertiary/aromatic N) is 1. The molecule has 0 bridgehead atoms. The standard InChI is InChI=1S/C14H17ClN2O/c1-9-8-10(4-3-7-16)17-14-12(18-2)6-5-11(15)13(9)14/h5-6,8H,3-4,7,16H2,1-2H3. The maximum Gasteiger partial charge on any atom is 0.145 e. The molecule has 3 nitrogen and oxygen atoms in total. The molecule has 0 spiro atoms. The monoisotopic (exact) mass is 264 g/mol. The fourth-order valence-electron chi connectivity index (χ4n) is 2.11. The first-order chi connectivity index (χ1) is 8.67. The molecule has 18 heavy (non-hydrogen) atoms. The van der Waals surface area contributed by atoms with Crippen LogP contribution in [-0.4, -0.2) is 18.6 Å². The molecule has 0 amide bonds. The highest BCUT2D eigenvalue weighted by atomic mass is 35.5. The molecule has 1 aromatic carbocycles. The number of rotatable bonds is 4. The Labute approximate surface area is 112 Å². The van der Waals surface area contributed by atoms with E-state index in [2.05, 4.69) is 11.1 Å². The average Bonchev–Trinajstić information content (AvgIpc) is 2.36. The summed E-state index contributed by atoms with van der Waals surface area (Å²) in [6.45, 7) is 2.72. The third-order valence-electron chi connectivity index (χ3n) is 2.98. The van der Waals surface area contributed by atoms with Crippen LogP contribution in [-0.2, 0) is 6.42 Å². The van der Waals surface area contributed by atoms with Crippen molar-refractivity contribution in [3.8, 4) is 5.75 Å². The van der Waals surface area contributed by atoms with E-state index < -0.39 is 0 Å². The van der Waals surface area contributed by atoms with E-state index in [1.807, 2.05) is 19.1 Å². The first-order valence-corrected chi connectivity index (χ1v) is 6.38. The highest BCUT2D eigenvalue weighted by Crippen LogP contribution is 2.32. The van der Waals surface area contributed by atoms with Gasteiger partial charge in [0.05, 0.1) is 12.1 Å². The van der Waals surface area contributed by atoms with Crippen LogP contribution in [0.3, 0.4) is 0 Å². The van der Waals surface area contributed by atoms with Crippen LogP contribution in [0.15, 0.2) is 18.2 Å². The van der Waals surface area contributed by atoms with Crippen LogP contribution in [0.4, 0.5) is 0 Å². The molecule has 1 aromatic heterocycles. The van der Waals surface area contributed by atoms with E-state index in [0.29, 0.717) is 11.6 Å². The molecule has 0 atom stereocenters. The summed E-state index contributed by atoms with van der Waals surface area (Å²) in [7, 11) is 1.65. The number of methoxy groups -OCH3 is 1. The van der Waals surface area contributed by atoms with Crippen LogP contribution in [0.2, 0.25) is 5.02 Å². The predicted molar refractivity (Wildman–Crippen MR) is 75.4 cm³/mol. The van der Waals surface area contributed by atoms with Gasteiger partial charge in [0.1, 0.15) is 11.3 Å². The van der Waals surface area contributed by atoms with E-state index in [1.165, 1.54) is 0 Å². The van der Waals surface area contributed by atoms with Gasteiger partial charge in [0, 0.05) is 11.1 Å².